The average Bonchev–Trinajstić information content (AvgIpc) is 3.60. The number of benzene rings is 1. The van der Waals surface area contributed by atoms with E-state index in [2.05, 4.69) is 35.3 Å². The number of anilines is 4. The van der Waals surface area contributed by atoms with Gasteiger partial charge in [-0.15, -0.1) is 0 Å². The van der Waals surface area contributed by atoms with Crippen LogP contribution in [0.25, 0.3) is 0 Å². The molecule has 166 valence electrons. The Morgan fingerprint density at radius 3 is 2.44 bits per heavy atom. The van der Waals surface area contributed by atoms with Gasteiger partial charge in [0.25, 0.3) is 10.0 Å². The maximum Gasteiger partial charge on any atom is 0.264 e. The van der Waals surface area contributed by atoms with Gasteiger partial charge >= 0.3 is 0 Å². The molecule has 12 heteroatoms. The van der Waals surface area contributed by atoms with Crippen LogP contribution in [0, 0.1) is 0 Å². The number of rotatable bonds is 10. The van der Waals surface area contributed by atoms with Crippen molar-refractivity contribution in [3.05, 3.63) is 54.5 Å². The van der Waals surface area contributed by atoms with E-state index in [1.165, 1.54) is 24.5 Å². The first-order valence-electron chi connectivity index (χ1n) is 9.97. The first-order chi connectivity index (χ1) is 15.4. The number of primary amides is 1. The van der Waals surface area contributed by atoms with E-state index in [0.29, 0.717) is 29.9 Å². The van der Waals surface area contributed by atoms with Crippen molar-refractivity contribution in [1.82, 2.24) is 19.9 Å². The van der Waals surface area contributed by atoms with Crippen LogP contribution in [0.2, 0.25) is 0 Å². The highest BCUT2D eigenvalue weighted by Gasteiger charge is 2.27. The molecule has 1 aliphatic carbocycles. The number of hydrogen-bond donors (Lipinski definition) is 4. The number of hydrogen-bond acceptors (Lipinski definition) is 9. The van der Waals surface area contributed by atoms with Crippen LogP contribution in [0.3, 0.4) is 0 Å². The second-order valence-electron chi connectivity index (χ2n) is 7.24. The van der Waals surface area contributed by atoms with E-state index < -0.39 is 10.0 Å². The van der Waals surface area contributed by atoms with Crippen LogP contribution in [-0.2, 0) is 14.8 Å². The number of nitrogens with one attached hydrogen (secondary N) is 3. The predicted molar refractivity (Wildman–Crippen MR) is 119 cm³/mol. The SMILES string of the molecule is NC(=O)CCNc1nc(Nc2ccc(S(=O)(=O)Nc3ncccn3)cc2)ncc1C1CC1. The molecule has 1 aliphatic rings. The summed E-state index contributed by atoms with van der Waals surface area (Å²) in [7, 11) is -3.82. The van der Waals surface area contributed by atoms with Crippen LogP contribution in [0.4, 0.5) is 23.4 Å². The van der Waals surface area contributed by atoms with Crippen LogP contribution in [0.1, 0.15) is 30.7 Å². The van der Waals surface area contributed by atoms with Gasteiger partial charge in [-0.25, -0.2) is 28.1 Å². The normalized spacial score (nSPS) is 13.4. The molecule has 5 N–H and O–H groups in total. The molecule has 1 aromatic carbocycles. The van der Waals surface area contributed by atoms with Gasteiger partial charge in [0.1, 0.15) is 5.82 Å². The van der Waals surface area contributed by atoms with Crippen molar-refractivity contribution < 1.29 is 13.2 Å². The van der Waals surface area contributed by atoms with E-state index in [9.17, 15) is 13.2 Å². The molecule has 32 heavy (non-hydrogen) atoms. The van der Waals surface area contributed by atoms with E-state index in [1.54, 1.807) is 24.4 Å². The smallest absolute Gasteiger partial charge is 0.264 e. The highest BCUT2D eigenvalue weighted by atomic mass is 32.2. The summed E-state index contributed by atoms with van der Waals surface area (Å²) < 4.78 is 27.3. The number of nitrogens with zero attached hydrogens (tertiary/aromatic N) is 4. The van der Waals surface area contributed by atoms with E-state index in [0.717, 1.165) is 18.4 Å². The molecule has 0 radical (unpaired) electrons. The van der Waals surface area contributed by atoms with Crippen molar-refractivity contribution in [2.75, 3.05) is 21.9 Å². The number of aromatic nitrogens is 4. The summed E-state index contributed by atoms with van der Waals surface area (Å²) in [6, 6.07) is 7.73. The molecule has 2 aromatic heterocycles. The number of sulfonamides is 1. The van der Waals surface area contributed by atoms with E-state index >= 15 is 0 Å². The molecule has 0 aliphatic heterocycles. The zero-order chi connectivity index (χ0) is 22.6. The summed E-state index contributed by atoms with van der Waals surface area (Å²) in [6.45, 7) is 0.385. The molecule has 1 amide bonds. The quantitative estimate of drug-likeness (QED) is 0.358. The van der Waals surface area contributed by atoms with Crippen molar-refractivity contribution in [2.45, 2.75) is 30.1 Å². The fraction of sp³-hybridized carbons (Fsp3) is 0.250. The van der Waals surface area contributed by atoms with Gasteiger partial charge in [-0.3, -0.25) is 4.79 Å². The lowest BCUT2D eigenvalue weighted by Crippen LogP contribution is -2.17. The standard InChI is InChI=1S/C20H22N8O3S/c21-17(29)8-11-22-18-16(13-2-3-13)12-25-20(27-18)26-14-4-6-15(7-5-14)32(30,31)28-19-23-9-1-10-24-19/h1,4-7,9-10,12-13H,2-3,8,11H2,(H2,21,29)(H,23,24,28)(H2,22,25,26,27). The van der Waals surface area contributed by atoms with Gasteiger partial charge in [-0.2, -0.15) is 4.98 Å². The van der Waals surface area contributed by atoms with Crippen molar-refractivity contribution in [3.63, 3.8) is 0 Å². The molecule has 0 atom stereocenters. The summed E-state index contributed by atoms with van der Waals surface area (Å²) in [4.78, 5) is 27.7. The van der Waals surface area contributed by atoms with Crippen LogP contribution >= 0.6 is 0 Å². The monoisotopic (exact) mass is 454 g/mol. The van der Waals surface area contributed by atoms with Gasteiger partial charge in [0.2, 0.25) is 17.8 Å². The molecular weight excluding hydrogens is 432 g/mol. The molecule has 11 nitrogen and oxygen atoms in total. The lowest BCUT2D eigenvalue weighted by molar-refractivity contribution is -0.117. The fourth-order valence-electron chi connectivity index (χ4n) is 2.97. The third-order valence-electron chi connectivity index (χ3n) is 4.71. The molecule has 0 saturated heterocycles. The molecule has 1 fully saturated rings. The molecule has 1 saturated carbocycles. The van der Waals surface area contributed by atoms with Crippen LogP contribution < -0.4 is 21.1 Å². The Kier molecular flexibility index (Phi) is 6.12. The number of amides is 1. The highest BCUT2D eigenvalue weighted by molar-refractivity contribution is 7.92. The van der Waals surface area contributed by atoms with Crippen molar-refractivity contribution >= 4 is 39.3 Å². The fourth-order valence-corrected chi connectivity index (χ4v) is 3.93. The maximum atomic E-state index is 12.5. The third kappa shape index (κ3) is 5.46. The van der Waals surface area contributed by atoms with Gasteiger partial charge in [0.05, 0.1) is 4.90 Å². The maximum absolute atomic E-state index is 12.5. The molecule has 0 spiro atoms. The zero-order valence-corrected chi connectivity index (χ0v) is 17.8. The second-order valence-corrected chi connectivity index (χ2v) is 8.92. The lowest BCUT2D eigenvalue weighted by atomic mass is 10.2. The lowest BCUT2D eigenvalue weighted by Gasteiger charge is -2.12. The second kappa shape index (κ2) is 9.14. The first kappa shape index (κ1) is 21.4. The summed E-state index contributed by atoms with van der Waals surface area (Å²) >= 11 is 0. The Balaban J connectivity index is 1.46. The highest BCUT2D eigenvalue weighted by Crippen LogP contribution is 2.42. The Hall–Kier alpha value is -3.80. The number of carbonyl (C=O) groups excluding carboxylic acids is 1. The Morgan fingerprint density at radius 2 is 1.78 bits per heavy atom. The van der Waals surface area contributed by atoms with Gasteiger partial charge in [0, 0.05) is 42.8 Å². The Morgan fingerprint density at radius 1 is 1.06 bits per heavy atom. The summed E-state index contributed by atoms with van der Waals surface area (Å²) in [5, 5.41) is 6.22. The first-order valence-corrected chi connectivity index (χ1v) is 11.4. The van der Waals surface area contributed by atoms with Crippen molar-refractivity contribution in [3.8, 4) is 0 Å². The molecule has 2 heterocycles. The molecular formula is C20H22N8O3S. The van der Waals surface area contributed by atoms with Gasteiger partial charge < -0.3 is 16.4 Å². The van der Waals surface area contributed by atoms with Crippen molar-refractivity contribution in [1.29, 1.82) is 0 Å². The van der Waals surface area contributed by atoms with Crippen LogP contribution in [-0.4, -0.2) is 40.8 Å². The van der Waals surface area contributed by atoms with E-state index in [1.807, 2.05) is 0 Å². The van der Waals surface area contributed by atoms with Gasteiger partial charge in [0.15, 0.2) is 0 Å². The Bertz CT molecular complexity index is 1200. The van der Waals surface area contributed by atoms with Crippen LogP contribution in [0.15, 0.2) is 53.8 Å². The average molecular weight is 455 g/mol. The Labute approximate surface area is 185 Å². The number of nitrogens with two attached hydrogens (primary N) is 1. The minimum absolute atomic E-state index is 0.00443. The molecule has 0 bridgehead atoms. The molecule has 0 unspecified atom stereocenters. The van der Waals surface area contributed by atoms with E-state index in [-0.39, 0.29) is 23.2 Å². The largest absolute Gasteiger partial charge is 0.370 e. The molecule has 3 aromatic rings. The third-order valence-corrected chi connectivity index (χ3v) is 6.05. The minimum atomic E-state index is -3.82. The topological polar surface area (TPSA) is 165 Å². The van der Waals surface area contributed by atoms with Crippen molar-refractivity contribution in [2.24, 2.45) is 5.73 Å². The van der Waals surface area contributed by atoms with Gasteiger partial charge in [-0.05, 0) is 49.1 Å². The summed E-state index contributed by atoms with van der Waals surface area (Å²) in [5.41, 5.74) is 6.83. The summed E-state index contributed by atoms with van der Waals surface area (Å²) in [6.07, 6.45) is 7.03. The zero-order valence-electron chi connectivity index (χ0n) is 17.0. The number of carbonyl (C=O) groups is 1. The predicted octanol–water partition coefficient (Wildman–Crippen LogP) is 1.98. The minimum Gasteiger partial charge on any atom is -0.370 e. The summed E-state index contributed by atoms with van der Waals surface area (Å²) in [5.74, 6) is 1.04. The van der Waals surface area contributed by atoms with Crippen LogP contribution in [0.5, 0.6) is 0 Å². The molecule has 4 rings (SSSR count). The van der Waals surface area contributed by atoms with E-state index in [4.69, 9.17) is 5.73 Å². The van der Waals surface area contributed by atoms with Gasteiger partial charge in [-0.1, -0.05) is 0 Å².